The number of ether oxygens (including phenoxy) is 1. The standard InChI is InChI=1S/C28H49N5O2/c1-26-11-9-22(35-17-5-16-33-14-3-4-15-33)18-20(26)6-7-24-23(26)10-12-27(2)21(8-13-28(24,27)34)19-31-32-25(29)30/h19-24,34H,3-18H2,1-2H3,(H4,29,30,32)/b31-19+/t20?,21?,22?,23-,24-,26+,27-,28-/m1/s1. The van der Waals surface area contributed by atoms with Crippen LogP contribution in [0.15, 0.2) is 5.10 Å². The van der Waals surface area contributed by atoms with Gasteiger partial charge >= 0.3 is 0 Å². The molecule has 0 bridgehead atoms. The number of nitrogens with two attached hydrogens (primary N) is 1. The zero-order valence-electron chi connectivity index (χ0n) is 22.1. The van der Waals surface area contributed by atoms with Crippen molar-refractivity contribution in [1.82, 2.24) is 10.3 Å². The van der Waals surface area contributed by atoms with Crippen molar-refractivity contribution in [3.05, 3.63) is 0 Å². The normalized spacial score (nSPS) is 45.7. The fraction of sp³-hybridized carbons (Fsp3) is 0.929. The second-order valence-corrected chi connectivity index (χ2v) is 13.0. The Bertz CT molecular complexity index is 800. The maximum atomic E-state index is 12.3. The van der Waals surface area contributed by atoms with Crippen molar-refractivity contribution >= 4 is 12.2 Å². The van der Waals surface area contributed by atoms with Crippen molar-refractivity contribution in [2.24, 2.45) is 45.3 Å². The number of likely N-dealkylation sites (tertiary alicyclic amines) is 1. The quantitative estimate of drug-likeness (QED) is 0.187. The molecule has 5 fully saturated rings. The highest BCUT2D eigenvalue weighted by Gasteiger charge is 2.66. The topological polar surface area (TPSA) is 107 Å². The van der Waals surface area contributed by atoms with Gasteiger partial charge in [0.25, 0.3) is 0 Å². The van der Waals surface area contributed by atoms with Gasteiger partial charge in [-0.3, -0.25) is 5.41 Å². The molecule has 1 aliphatic heterocycles. The van der Waals surface area contributed by atoms with Crippen molar-refractivity contribution in [1.29, 1.82) is 5.41 Å². The summed E-state index contributed by atoms with van der Waals surface area (Å²) in [5.74, 6) is 1.82. The molecule has 0 aromatic carbocycles. The van der Waals surface area contributed by atoms with Crippen LogP contribution < -0.4 is 11.2 Å². The highest BCUT2D eigenvalue weighted by molar-refractivity contribution is 5.75. The van der Waals surface area contributed by atoms with E-state index in [0.717, 1.165) is 38.2 Å². The summed E-state index contributed by atoms with van der Waals surface area (Å²) in [6, 6.07) is 0. The largest absolute Gasteiger partial charge is 0.389 e. The Morgan fingerprint density at radius 2 is 1.91 bits per heavy atom. The molecule has 8 atom stereocenters. The van der Waals surface area contributed by atoms with Crippen LogP contribution in [0.3, 0.4) is 0 Å². The number of hydrogen-bond acceptors (Lipinski definition) is 5. The molecule has 7 nitrogen and oxygen atoms in total. The average molecular weight is 488 g/mol. The van der Waals surface area contributed by atoms with Crippen LogP contribution >= 0.6 is 0 Å². The highest BCUT2D eigenvalue weighted by atomic mass is 16.5. The van der Waals surface area contributed by atoms with E-state index in [4.69, 9.17) is 15.9 Å². The van der Waals surface area contributed by atoms with Crippen molar-refractivity contribution in [3.63, 3.8) is 0 Å². The molecule has 0 radical (unpaired) electrons. The number of fused-ring (bicyclic) bond motifs is 5. The van der Waals surface area contributed by atoms with Crippen LogP contribution in [0.25, 0.3) is 0 Å². The van der Waals surface area contributed by atoms with E-state index < -0.39 is 5.60 Å². The maximum Gasteiger partial charge on any atom is 0.206 e. The molecular formula is C28H49N5O2. The summed E-state index contributed by atoms with van der Waals surface area (Å²) in [5, 5.41) is 23.8. The lowest BCUT2D eigenvalue weighted by Crippen LogP contribution is -2.62. The molecule has 35 heavy (non-hydrogen) atoms. The van der Waals surface area contributed by atoms with Crippen LogP contribution in [0.1, 0.15) is 90.9 Å². The fourth-order valence-corrected chi connectivity index (χ4v) is 9.36. The lowest BCUT2D eigenvalue weighted by Gasteiger charge is -2.63. The van der Waals surface area contributed by atoms with Gasteiger partial charge in [-0.25, -0.2) is 5.43 Å². The maximum absolute atomic E-state index is 12.3. The van der Waals surface area contributed by atoms with Gasteiger partial charge in [-0.05, 0) is 113 Å². The van der Waals surface area contributed by atoms with Gasteiger partial charge in [-0.1, -0.05) is 13.8 Å². The Balaban J connectivity index is 1.19. The SMILES string of the molecule is C[C@]12CCC(OCCCN3CCCC3)CC1CC[C@@H]1[C@H]2CC[C@]2(C)C(/C=N/NC(=N)N)CC[C@@]12O. The first-order valence-corrected chi connectivity index (χ1v) is 14.5. The van der Waals surface area contributed by atoms with Crippen LogP contribution in [0.4, 0.5) is 0 Å². The van der Waals surface area contributed by atoms with E-state index in [1.165, 1.54) is 71.0 Å². The van der Waals surface area contributed by atoms with Crippen LogP contribution in [-0.2, 0) is 4.74 Å². The van der Waals surface area contributed by atoms with Crippen molar-refractivity contribution in [3.8, 4) is 0 Å². The lowest BCUT2D eigenvalue weighted by molar-refractivity contribution is -0.207. The Kier molecular flexibility index (Phi) is 7.23. The highest BCUT2D eigenvalue weighted by Crippen LogP contribution is 2.68. The van der Waals surface area contributed by atoms with Gasteiger partial charge in [0.15, 0.2) is 0 Å². The predicted molar refractivity (Wildman–Crippen MR) is 140 cm³/mol. The zero-order valence-corrected chi connectivity index (χ0v) is 22.1. The van der Waals surface area contributed by atoms with Crippen LogP contribution in [0, 0.1) is 39.9 Å². The van der Waals surface area contributed by atoms with Gasteiger partial charge in [0.05, 0.1) is 11.7 Å². The summed E-state index contributed by atoms with van der Waals surface area (Å²) in [6.45, 7) is 9.51. The molecule has 198 valence electrons. The minimum atomic E-state index is -0.611. The molecule has 1 saturated heterocycles. The second-order valence-electron chi connectivity index (χ2n) is 13.0. The minimum Gasteiger partial charge on any atom is -0.389 e. The molecular weight excluding hydrogens is 438 g/mol. The van der Waals surface area contributed by atoms with Gasteiger partial charge in [0.2, 0.25) is 5.96 Å². The lowest BCUT2D eigenvalue weighted by atomic mass is 9.43. The smallest absolute Gasteiger partial charge is 0.206 e. The Labute approximate surface area is 212 Å². The van der Waals surface area contributed by atoms with Gasteiger partial charge in [0, 0.05) is 30.7 Å². The van der Waals surface area contributed by atoms with E-state index in [-0.39, 0.29) is 17.3 Å². The third-order valence-corrected chi connectivity index (χ3v) is 11.5. The summed E-state index contributed by atoms with van der Waals surface area (Å²) in [4.78, 5) is 2.59. The van der Waals surface area contributed by atoms with Gasteiger partial charge in [0.1, 0.15) is 0 Å². The summed E-state index contributed by atoms with van der Waals surface area (Å²) in [5.41, 5.74) is 7.54. The molecule has 7 heteroatoms. The monoisotopic (exact) mass is 487 g/mol. The number of aliphatic hydroxyl groups is 1. The molecule has 5 aliphatic rings. The summed E-state index contributed by atoms with van der Waals surface area (Å²) in [6.07, 6.45) is 16.4. The number of nitrogens with zero attached hydrogens (tertiary/aromatic N) is 2. The molecule has 0 aromatic rings. The van der Waals surface area contributed by atoms with Gasteiger partial charge in [-0.15, -0.1) is 0 Å². The van der Waals surface area contributed by atoms with E-state index in [2.05, 4.69) is 29.3 Å². The fourth-order valence-electron chi connectivity index (χ4n) is 9.36. The first kappa shape index (κ1) is 25.5. The van der Waals surface area contributed by atoms with Crippen molar-refractivity contribution in [2.45, 2.75) is 103 Å². The van der Waals surface area contributed by atoms with Crippen molar-refractivity contribution in [2.75, 3.05) is 26.2 Å². The number of hydrogen-bond donors (Lipinski definition) is 4. The van der Waals surface area contributed by atoms with E-state index in [0.29, 0.717) is 23.4 Å². The third-order valence-electron chi connectivity index (χ3n) is 11.5. The molecule has 5 N–H and O–H groups in total. The summed E-state index contributed by atoms with van der Waals surface area (Å²) in [7, 11) is 0. The van der Waals surface area contributed by atoms with Gasteiger partial charge < -0.3 is 20.5 Å². The Morgan fingerprint density at radius 1 is 1.11 bits per heavy atom. The van der Waals surface area contributed by atoms with Crippen LogP contribution in [-0.4, -0.2) is 60.1 Å². The average Bonchev–Trinajstić information content (AvgIpc) is 3.43. The van der Waals surface area contributed by atoms with Gasteiger partial charge in [-0.2, -0.15) is 5.10 Å². The second kappa shape index (κ2) is 9.94. The Hall–Kier alpha value is -1.18. The summed E-state index contributed by atoms with van der Waals surface area (Å²) < 4.78 is 6.43. The predicted octanol–water partition coefficient (Wildman–Crippen LogP) is 4.10. The molecule has 0 aromatic heterocycles. The first-order chi connectivity index (χ1) is 16.8. The van der Waals surface area contributed by atoms with E-state index >= 15 is 0 Å². The number of guanidine groups is 1. The van der Waals surface area contributed by atoms with Crippen molar-refractivity contribution < 1.29 is 9.84 Å². The molecule has 4 aliphatic carbocycles. The van der Waals surface area contributed by atoms with E-state index in [1.807, 2.05) is 6.21 Å². The number of hydrazone groups is 1. The number of rotatable bonds is 7. The summed E-state index contributed by atoms with van der Waals surface area (Å²) >= 11 is 0. The van der Waals surface area contributed by atoms with Crippen LogP contribution in [0.2, 0.25) is 0 Å². The molecule has 5 rings (SSSR count). The molecule has 0 amide bonds. The Morgan fingerprint density at radius 3 is 2.69 bits per heavy atom. The third kappa shape index (κ3) is 4.54. The van der Waals surface area contributed by atoms with Crippen LogP contribution in [0.5, 0.6) is 0 Å². The molecule has 4 saturated carbocycles. The molecule has 1 heterocycles. The number of nitrogens with one attached hydrogen (secondary N) is 2. The molecule has 0 spiro atoms. The first-order valence-electron chi connectivity index (χ1n) is 14.5. The van der Waals surface area contributed by atoms with E-state index in [1.54, 1.807) is 0 Å². The minimum absolute atomic E-state index is 0.138. The zero-order chi connectivity index (χ0) is 24.7. The van der Waals surface area contributed by atoms with E-state index in [9.17, 15) is 5.11 Å². The molecule has 3 unspecified atom stereocenters.